The molecule has 3 N–H and O–H groups in total. The molecule has 9 heterocycles. The van der Waals surface area contributed by atoms with Gasteiger partial charge in [0.25, 0.3) is 11.8 Å². The Labute approximate surface area is 413 Å². The molecule has 1 atom stereocenters. The second-order valence-corrected chi connectivity index (χ2v) is 20.1. The first-order valence-corrected chi connectivity index (χ1v) is 27.1. The number of β-amino-alcohol motifs (C(OH)–C–C–N with tert-alkyl or cyclic N) is 1. The number of aliphatic hydroxyl groups excluding tert-OH is 1. The number of nitrogens with one attached hydrogen (secondary N) is 2. The Hall–Kier alpha value is -4.47. The van der Waals surface area contributed by atoms with Crippen LogP contribution >= 0.6 is 11.8 Å². The topological polar surface area (TPSA) is 190 Å². The summed E-state index contributed by atoms with van der Waals surface area (Å²) in [7, 11) is 0.415. The lowest BCUT2D eigenvalue weighted by Gasteiger charge is -2.37. The Morgan fingerprint density at radius 3 is 1.81 bits per heavy atom. The number of H-pyrrole nitrogens is 2. The number of likely N-dealkylation sites (tertiary alicyclic amines) is 3. The standard InChI is InChI=1S/C15H15N3O3S.C15H15N3O2S.C10H20N2O.C8H15NO2.C2H6/c19-15(18-5-7-21-8-6-18)14-11-9-22(20)12-4-2-1-3-10(12)13(11)16-17-14;19-15(18-5-7-20-8-6-18)14-11-9-21-12-4-2-1-3-10(12)13(11)16-17-14;13-10-8-12(9-10)7-6-11-4-2-1-3-5-11;1-11-7-8(10)9-5-3-2-4-6-9;1-2/h1-4H,5-9H2,(H,16,17);1-4H,5-9H2,(H,16,17);10,13H,1-9H2;2-7H2,1H3;1-2H3. The van der Waals surface area contributed by atoms with Gasteiger partial charge in [0, 0.05) is 110 Å². The second-order valence-electron chi connectivity index (χ2n) is 17.6. The number of hydrogen-bond donors (Lipinski definition) is 3. The number of ether oxygens (including phenoxy) is 3. The van der Waals surface area contributed by atoms with Gasteiger partial charge in [0.05, 0.1) is 60.5 Å². The molecular formula is C50H71N9O8S2. The van der Waals surface area contributed by atoms with E-state index in [1.165, 1.54) is 50.2 Å². The van der Waals surface area contributed by atoms with Crippen LogP contribution in [0, 0.1) is 0 Å². The minimum Gasteiger partial charge on any atom is -0.390 e. The molecule has 7 aliphatic heterocycles. The van der Waals surface area contributed by atoms with Gasteiger partial charge in [0.15, 0.2) is 0 Å². The first-order chi connectivity index (χ1) is 33.8. The summed E-state index contributed by atoms with van der Waals surface area (Å²) >= 11 is 1.76. The maximum Gasteiger partial charge on any atom is 0.272 e. The van der Waals surface area contributed by atoms with E-state index in [0.29, 0.717) is 69.7 Å². The zero-order valence-electron chi connectivity index (χ0n) is 40.6. The lowest BCUT2D eigenvalue weighted by Crippen LogP contribution is -2.53. The van der Waals surface area contributed by atoms with Crippen molar-refractivity contribution >= 4 is 40.3 Å². The molecule has 2 aromatic carbocycles. The van der Waals surface area contributed by atoms with Crippen LogP contribution in [-0.2, 0) is 41.3 Å². The van der Waals surface area contributed by atoms with E-state index >= 15 is 0 Å². The average molecular weight is 990 g/mol. The number of thioether (sulfide) groups is 1. The van der Waals surface area contributed by atoms with Gasteiger partial charge in [-0.1, -0.05) is 56.7 Å². The number of piperidine rings is 2. The Bertz CT molecular complexity index is 2300. The van der Waals surface area contributed by atoms with Crippen molar-refractivity contribution < 1.29 is 37.9 Å². The van der Waals surface area contributed by atoms with Gasteiger partial charge in [-0.05, 0) is 57.3 Å². The van der Waals surface area contributed by atoms with Crippen LogP contribution < -0.4 is 0 Å². The number of methoxy groups -OCH3 is 1. The highest BCUT2D eigenvalue weighted by Crippen LogP contribution is 2.41. The lowest BCUT2D eigenvalue weighted by molar-refractivity contribution is -0.136. The zero-order chi connectivity index (χ0) is 48.5. The van der Waals surface area contributed by atoms with Crippen molar-refractivity contribution in [3.63, 3.8) is 0 Å². The highest BCUT2D eigenvalue weighted by atomic mass is 32.2. The molecule has 0 aliphatic carbocycles. The number of fused-ring (bicyclic) bond motifs is 6. The average Bonchev–Trinajstić information content (AvgIpc) is 4.05. The van der Waals surface area contributed by atoms with Gasteiger partial charge >= 0.3 is 0 Å². The van der Waals surface area contributed by atoms with E-state index in [9.17, 15) is 18.6 Å². The van der Waals surface area contributed by atoms with E-state index in [1.54, 1.807) is 23.8 Å². The van der Waals surface area contributed by atoms with E-state index in [-0.39, 0.29) is 30.4 Å². The van der Waals surface area contributed by atoms with Crippen molar-refractivity contribution in [2.75, 3.05) is 119 Å². The number of morpholine rings is 2. The van der Waals surface area contributed by atoms with E-state index in [4.69, 9.17) is 19.3 Å². The molecule has 2 aromatic heterocycles. The molecule has 4 aromatic rings. The number of carbonyl (C=O) groups excluding carboxylic acids is 3. The molecule has 0 saturated carbocycles. The molecule has 376 valence electrons. The van der Waals surface area contributed by atoms with Crippen molar-refractivity contribution in [1.29, 1.82) is 0 Å². The van der Waals surface area contributed by atoms with E-state index in [0.717, 1.165) is 89.9 Å². The van der Waals surface area contributed by atoms with Crippen LogP contribution in [0.2, 0.25) is 0 Å². The summed E-state index contributed by atoms with van der Waals surface area (Å²) in [6.07, 6.45) is 7.69. The third kappa shape index (κ3) is 13.7. The molecule has 5 fully saturated rings. The molecule has 0 spiro atoms. The monoisotopic (exact) mass is 989 g/mol. The molecule has 0 radical (unpaired) electrons. The summed E-state index contributed by atoms with van der Waals surface area (Å²) < 4.78 is 27.8. The summed E-state index contributed by atoms with van der Waals surface area (Å²) in [5, 5.41) is 23.6. The molecule has 7 aliphatic rings. The molecule has 0 bridgehead atoms. The summed E-state index contributed by atoms with van der Waals surface area (Å²) in [6.45, 7) is 17.6. The predicted molar refractivity (Wildman–Crippen MR) is 268 cm³/mol. The number of hydrogen-bond acceptors (Lipinski definition) is 13. The number of aromatic nitrogens is 4. The number of nitrogens with zero attached hydrogens (tertiary/aromatic N) is 7. The molecule has 17 nitrogen and oxygen atoms in total. The van der Waals surface area contributed by atoms with Gasteiger partial charge < -0.3 is 38.9 Å². The van der Waals surface area contributed by atoms with E-state index in [2.05, 4.69) is 42.3 Å². The van der Waals surface area contributed by atoms with Gasteiger partial charge in [-0.3, -0.25) is 33.7 Å². The fourth-order valence-corrected chi connectivity index (χ4v) is 11.6. The number of rotatable bonds is 7. The molecular weight excluding hydrogens is 919 g/mol. The van der Waals surface area contributed by atoms with Gasteiger partial charge in [0.2, 0.25) is 5.91 Å². The third-order valence-electron chi connectivity index (χ3n) is 13.0. The number of aliphatic hydroxyl groups is 1. The maximum atomic E-state index is 12.7. The van der Waals surface area contributed by atoms with Crippen molar-refractivity contribution in [1.82, 2.24) is 44.9 Å². The molecule has 19 heteroatoms. The number of carbonyl (C=O) groups is 3. The van der Waals surface area contributed by atoms with E-state index in [1.807, 2.05) is 60.0 Å². The van der Waals surface area contributed by atoms with Crippen LogP contribution in [0.25, 0.3) is 22.5 Å². The van der Waals surface area contributed by atoms with Crippen LogP contribution in [0.5, 0.6) is 0 Å². The lowest BCUT2D eigenvalue weighted by atomic mass is 10.1. The summed E-state index contributed by atoms with van der Waals surface area (Å²) in [4.78, 5) is 48.8. The normalized spacial score (nSPS) is 19.9. The van der Waals surface area contributed by atoms with Gasteiger partial charge in [-0.25, -0.2) is 0 Å². The van der Waals surface area contributed by atoms with Crippen LogP contribution in [0.1, 0.15) is 84.5 Å². The van der Waals surface area contributed by atoms with Crippen LogP contribution in [-0.4, -0.2) is 197 Å². The molecule has 1 unspecified atom stereocenters. The minimum absolute atomic E-state index is 0.0343. The van der Waals surface area contributed by atoms with Crippen LogP contribution in [0.4, 0.5) is 0 Å². The zero-order valence-corrected chi connectivity index (χ0v) is 42.3. The fourth-order valence-electron chi connectivity index (χ4n) is 9.22. The highest BCUT2D eigenvalue weighted by Gasteiger charge is 2.32. The van der Waals surface area contributed by atoms with Gasteiger partial charge in [0.1, 0.15) is 18.0 Å². The van der Waals surface area contributed by atoms with Gasteiger partial charge in [-0.15, -0.1) is 11.8 Å². The predicted octanol–water partition coefficient (Wildman–Crippen LogP) is 5.15. The summed E-state index contributed by atoms with van der Waals surface area (Å²) in [5.74, 6) is 1.19. The Morgan fingerprint density at radius 1 is 0.696 bits per heavy atom. The van der Waals surface area contributed by atoms with Crippen LogP contribution in [0.15, 0.2) is 58.3 Å². The van der Waals surface area contributed by atoms with Crippen molar-refractivity contribution in [3.05, 3.63) is 71.0 Å². The van der Waals surface area contributed by atoms with Crippen molar-refractivity contribution in [2.45, 2.75) is 79.8 Å². The Balaban J connectivity index is 0.000000139. The maximum absolute atomic E-state index is 12.7. The molecule has 3 amide bonds. The quantitative estimate of drug-likeness (QED) is 0.221. The highest BCUT2D eigenvalue weighted by molar-refractivity contribution is 7.98. The summed E-state index contributed by atoms with van der Waals surface area (Å²) in [5.41, 5.74) is 6.49. The molecule has 69 heavy (non-hydrogen) atoms. The summed E-state index contributed by atoms with van der Waals surface area (Å²) in [6, 6.07) is 15.7. The largest absolute Gasteiger partial charge is 0.390 e. The minimum atomic E-state index is -1.14. The number of aromatic amines is 2. The smallest absolute Gasteiger partial charge is 0.272 e. The van der Waals surface area contributed by atoms with Crippen LogP contribution in [0.3, 0.4) is 0 Å². The number of amides is 3. The fraction of sp³-hybridized carbons (Fsp3) is 0.580. The Kier molecular flexibility index (Phi) is 20.2. The molecule has 11 rings (SSSR count). The second kappa shape index (κ2) is 26.7. The number of benzene rings is 2. The van der Waals surface area contributed by atoms with Gasteiger partial charge in [-0.2, -0.15) is 10.2 Å². The first kappa shape index (κ1) is 52.4. The molecule has 5 saturated heterocycles. The Morgan fingerprint density at radius 2 is 1.22 bits per heavy atom. The third-order valence-corrected chi connectivity index (χ3v) is 15.5. The first-order valence-electron chi connectivity index (χ1n) is 24.8. The van der Waals surface area contributed by atoms with Crippen molar-refractivity contribution in [2.24, 2.45) is 0 Å². The SMILES string of the molecule is CC.COCC(=O)N1CCCCC1.O=C(c1[nH]nc2c1CS(=O)c1ccccc1-2)N1CCOCC1.O=C(c1[nH]nc2c1CSc1ccccc1-2)N1CCOCC1.OC1CN(CCN2CCCCC2)C1. The van der Waals surface area contributed by atoms with Crippen molar-refractivity contribution in [3.8, 4) is 22.5 Å². The van der Waals surface area contributed by atoms with E-state index < -0.39 is 10.8 Å².